The van der Waals surface area contributed by atoms with Crippen LogP contribution in [0.3, 0.4) is 0 Å². The fraction of sp³-hybridized carbons (Fsp3) is 0.438. The lowest BCUT2D eigenvalue weighted by molar-refractivity contribution is 0.160. The SMILES string of the molecule is CCC(O)CCc1cnc(Nc2cc(N)c(N(C)CCN(C)C)cc2OC)nc1-c1cn2c3c(cccc13)CCC2. The monoisotopic (exact) mass is 557 g/mol. The zero-order chi connectivity index (χ0) is 29.1. The molecule has 9 heteroatoms. The Hall–Kier alpha value is -3.82. The van der Waals surface area contributed by atoms with Gasteiger partial charge in [0.1, 0.15) is 5.75 Å². The first-order valence-corrected chi connectivity index (χ1v) is 14.5. The minimum Gasteiger partial charge on any atom is -0.494 e. The third kappa shape index (κ3) is 6.11. The van der Waals surface area contributed by atoms with Crippen molar-refractivity contribution in [1.82, 2.24) is 19.4 Å². The average molecular weight is 558 g/mol. The van der Waals surface area contributed by atoms with Gasteiger partial charge in [-0.1, -0.05) is 25.1 Å². The Bertz CT molecular complexity index is 1510. The van der Waals surface area contributed by atoms with Crippen LogP contribution in [0.4, 0.5) is 23.0 Å². The third-order valence-corrected chi connectivity index (χ3v) is 8.05. The number of methoxy groups -OCH3 is 1. The topological polar surface area (TPSA) is 105 Å². The molecule has 3 heterocycles. The van der Waals surface area contributed by atoms with E-state index in [9.17, 15) is 5.11 Å². The van der Waals surface area contributed by atoms with Crippen molar-refractivity contribution >= 4 is 33.9 Å². The van der Waals surface area contributed by atoms with Gasteiger partial charge in [-0.2, -0.15) is 0 Å². The van der Waals surface area contributed by atoms with Crippen molar-refractivity contribution in [3.05, 3.63) is 53.9 Å². The summed E-state index contributed by atoms with van der Waals surface area (Å²) in [6.07, 6.45) is 8.08. The van der Waals surface area contributed by atoms with Gasteiger partial charge in [0.25, 0.3) is 0 Å². The van der Waals surface area contributed by atoms with Crippen molar-refractivity contribution in [2.75, 3.05) is 57.3 Å². The molecule has 1 aliphatic heterocycles. The number of anilines is 4. The van der Waals surface area contributed by atoms with Gasteiger partial charge in [-0.15, -0.1) is 0 Å². The molecule has 1 unspecified atom stereocenters. The molecule has 218 valence electrons. The van der Waals surface area contributed by atoms with Gasteiger partial charge in [0.2, 0.25) is 5.95 Å². The van der Waals surface area contributed by atoms with Gasteiger partial charge >= 0.3 is 0 Å². The van der Waals surface area contributed by atoms with Crippen LogP contribution in [-0.2, 0) is 19.4 Å². The van der Waals surface area contributed by atoms with Gasteiger partial charge in [-0.25, -0.2) is 9.97 Å². The summed E-state index contributed by atoms with van der Waals surface area (Å²) in [4.78, 5) is 14.0. The van der Waals surface area contributed by atoms with Crippen LogP contribution in [0.15, 0.2) is 42.7 Å². The second kappa shape index (κ2) is 12.4. The molecule has 0 aliphatic carbocycles. The van der Waals surface area contributed by atoms with Crippen molar-refractivity contribution < 1.29 is 9.84 Å². The maximum atomic E-state index is 10.3. The Morgan fingerprint density at radius 2 is 2.02 bits per heavy atom. The van der Waals surface area contributed by atoms with Crippen molar-refractivity contribution in [2.24, 2.45) is 0 Å². The highest BCUT2D eigenvalue weighted by Gasteiger charge is 2.21. The third-order valence-electron chi connectivity index (χ3n) is 8.05. The van der Waals surface area contributed by atoms with E-state index in [1.165, 1.54) is 16.5 Å². The van der Waals surface area contributed by atoms with E-state index in [1.807, 2.05) is 32.3 Å². The zero-order valence-corrected chi connectivity index (χ0v) is 24.9. The number of rotatable bonds is 12. The van der Waals surface area contributed by atoms with Crippen LogP contribution in [0.5, 0.6) is 5.75 Å². The van der Waals surface area contributed by atoms with Crippen LogP contribution in [0.25, 0.3) is 22.2 Å². The Labute approximate surface area is 243 Å². The number of aliphatic hydroxyl groups is 1. The Morgan fingerprint density at radius 1 is 1.20 bits per heavy atom. The van der Waals surface area contributed by atoms with E-state index in [0.717, 1.165) is 61.4 Å². The number of para-hydroxylation sites is 1. The number of hydrogen-bond donors (Lipinski definition) is 3. The quantitative estimate of drug-likeness (QED) is 0.207. The fourth-order valence-electron chi connectivity index (χ4n) is 5.63. The minimum atomic E-state index is -0.350. The summed E-state index contributed by atoms with van der Waals surface area (Å²) in [6.45, 7) is 4.75. The molecule has 2 aromatic heterocycles. The van der Waals surface area contributed by atoms with Crippen molar-refractivity contribution in [2.45, 2.75) is 51.7 Å². The number of hydrogen-bond acceptors (Lipinski definition) is 8. The van der Waals surface area contributed by atoms with E-state index in [2.05, 4.69) is 63.2 Å². The number of nitrogens with two attached hydrogens (primary N) is 1. The smallest absolute Gasteiger partial charge is 0.227 e. The zero-order valence-electron chi connectivity index (χ0n) is 24.9. The lowest BCUT2D eigenvalue weighted by Crippen LogP contribution is -2.29. The molecule has 4 aromatic rings. The highest BCUT2D eigenvalue weighted by molar-refractivity contribution is 5.98. The minimum absolute atomic E-state index is 0.350. The molecule has 0 saturated carbocycles. The molecule has 41 heavy (non-hydrogen) atoms. The number of ether oxygens (including phenoxy) is 1. The second-order valence-electron chi connectivity index (χ2n) is 11.3. The molecule has 0 spiro atoms. The van der Waals surface area contributed by atoms with E-state index in [1.54, 1.807) is 7.11 Å². The fourth-order valence-corrected chi connectivity index (χ4v) is 5.63. The largest absolute Gasteiger partial charge is 0.494 e. The van der Waals surface area contributed by atoms with Crippen molar-refractivity contribution in [3.63, 3.8) is 0 Å². The first kappa shape index (κ1) is 28.7. The highest BCUT2D eigenvalue weighted by atomic mass is 16.5. The molecule has 9 nitrogen and oxygen atoms in total. The number of likely N-dealkylation sites (N-methyl/N-ethyl adjacent to an activating group) is 2. The van der Waals surface area contributed by atoms with Gasteiger partial charge in [0.05, 0.1) is 41.5 Å². The molecule has 0 saturated heterocycles. The van der Waals surface area contributed by atoms with Crippen molar-refractivity contribution in [1.29, 1.82) is 0 Å². The first-order chi connectivity index (χ1) is 19.8. The van der Waals surface area contributed by atoms with Crippen LogP contribution in [0.2, 0.25) is 0 Å². The van der Waals surface area contributed by atoms with Crippen LogP contribution in [0, 0.1) is 0 Å². The maximum Gasteiger partial charge on any atom is 0.227 e. The van der Waals surface area contributed by atoms with Crippen LogP contribution in [0.1, 0.15) is 37.3 Å². The summed E-state index contributed by atoms with van der Waals surface area (Å²) in [6, 6.07) is 10.4. The summed E-state index contributed by atoms with van der Waals surface area (Å²) >= 11 is 0. The number of nitrogens with zero attached hydrogens (tertiary/aromatic N) is 5. The van der Waals surface area contributed by atoms with Crippen molar-refractivity contribution in [3.8, 4) is 17.0 Å². The molecule has 0 fully saturated rings. The maximum absolute atomic E-state index is 10.3. The molecule has 4 N–H and O–H groups in total. The predicted octanol–water partition coefficient (Wildman–Crippen LogP) is 5.08. The molecule has 1 aliphatic rings. The molecular formula is C32H43N7O2. The molecule has 1 atom stereocenters. The Kier molecular flexibility index (Phi) is 8.65. The number of aliphatic hydroxyl groups excluding tert-OH is 1. The Morgan fingerprint density at radius 3 is 2.78 bits per heavy atom. The Balaban J connectivity index is 1.52. The van der Waals surface area contributed by atoms with Gasteiger partial charge < -0.3 is 35.3 Å². The number of nitrogen functional groups attached to an aromatic ring is 1. The second-order valence-corrected chi connectivity index (χ2v) is 11.3. The van der Waals surface area contributed by atoms with E-state index < -0.39 is 0 Å². The van der Waals surface area contributed by atoms with Gasteiger partial charge in [0.15, 0.2) is 0 Å². The number of aromatic nitrogens is 3. The number of benzene rings is 2. The molecule has 0 bridgehead atoms. The molecule has 0 radical (unpaired) electrons. The van der Waals surface area contributed by atoms with E-state index >= 15 is 0 Å². The molecule has 0 amide bonds. The summed E-state index contributed by atoms with van der Waals surface area (Å²) in [5.74, 6) is 1.14. The van der Waals surface area contributed by atoms with E-state index in [-0.39, 0.29) is 6.10 Å². The van der Waals surface area contributed by atoms with E-state index in [4.69, 9.17) is 15.5 Å². The predicted molar refractivity (Wildman–Crippen MR) is 168 cm³/mol. The molecular weight excluding hydrogens is 514 g/mol. The number of aryl methyl sites for hydroxylation is 3. The van der Waals surface area contributed by atoms with Gasteiger partial charge in [-0.05, 0) is 63.4 Å². The van der Waals surface area contributed by atoms with Crippen LogP contribution in [-0.4, -0.2) is 72.0 Å². The van der Waals surface area contributed by atoms with Gasteiger partial charge in [0, 0.05) is 56.1 Å². The molecule has 2 aromatic carbocycles. The normalized spacial score (nSPS) is 13.5. The first-order valence-electron chi connectivity index (χ1n) is 14.5. The summed E-state index contributed by atoms with van der Waals surface area (Å²) in [5.41, 5.74) is 14.5. The summed E-state index contributed by atoms with van der Waals surface area (Å²) in [5, 5.41) is 14.9. The van der Waals surface area contributed by atoms with Gasteiger partial charge in [-0.3, -0.25) is 0 Å². The lowest BCUT2D eigenvalue weighted by Gasteiger charge is -2.24. The van der Waals surface area contributed by atoms with E-state index in [0.29, 0.717) is 35.9 Å². The van der Waals surface area contributed by atoms with Crippen LogP contribution >= 0.6 is 0 Å². The summed E-state index contributed by atoms with van der Waals surface area (Å²) < 4.78 is 8.12. The average Bonchev–Trinajstić information content (AvgIpc) is 3.35. The highest BCUT2D eigenvalue weighted by Crippen LogP contribution is 2.39. The van der Waals surface area contributed by atoms with Crippen LogP contribution < -0.4 is 20.7 Å². The molecule has 5 rings (SSSR count). The standard InChI is InChI=1S/C32H43N7O2/c1-6-23(40)13-12-22-19-34-32(35-27-17-26(33)28(18-29(27)41-5)38(4)16-15-37(2)3)36-30(22)25-20-39-14-8-10-21-9-7-11-24(25)31(21)39/h7,9,11,17-20,23,40H,6,8,10,12-16,33H2,1-5H3,(H,34,35,36). The lowest BCUT2D eigenvalue weighted by atomic mass is 9.98. The number of nitrogens with one attached hydrogen (secondary N) is 1. The summed E-state index contributed by atoms with van der Waals surface area (Å²) in [7, 11) is 7.80.